The Hall–Kier alpha value is -9.46. The summed E-state index contributed by atoms with van der Waals surface area (Å²) in [5.74, 6) is 2.51. The molecule has 0 aliphatic carbocycles. The molecular formula is C64H90N20. The molecule has 0 radical (unpaired) electrons. The maximum absolute atomic E-state index is 4.17. The molecule has 0 fully saturated rings. The van der Waals surface area contributed by atoms with Crippen molar-refractivity contribution in [1.29, 1.82) is 0 Å². The van der Waals surface area contributed by atoms with E-state index in [-0.39, 0.29) is 0 Å². The van der Waals surface area contributed by atoms with E-state index in [9.17, 15) is 0 Å². The van der Waals surface area contributed by atoms with E-state index in [0.29, 0.717) is 0 Å². The van der Waals surface area contributed by atoms with Crippen molar-refractivity contribution in [2.75, 3.05) is 0 Å². The van der Waals surface area contributed by atoms with Crippen molar-refractivity contribution in [2.24, 2.45) is 28.2 Å². The van der Waals surface area contributed by atoms with Crippen molar-refractivity contribution in [2.45, 2.75) is 125 Å². The zero-order valence-corrected chi connectivity index (χ0v) is 53.8. The van der Waals surface area contributed by atoms with Gasteiger partial charge >= 0.3 is 0 Å². The summed E-state index contributed by atoms with van der Waals surface area (Å²) in [4.78, 5) is 48.2. The van der Waals surface area contributed by atoms with Crippen LogP contribution < -0.4 is 0 Å². The minimum atomic E-state index is 0.829. The Morgan fingerprint density at radius 2 is 0.655 bits per heavy atom. The first-order valence-electron chi connectivity index (χ1n) is 27.1. The summed E-state index contributed by atoms with van der Waals surface area (Å²) in [6.45, 7) is 35.2. The predicted octanol–water partition coefficient (Wildman–Crippen LogP) is 11.8. The highest BCUT2D eigenvalue weighted by Crippen LogP contribution is 1.97. The van der Waals surface area contributed by atoms with Gasteiger partial charge in [-0.05, 0) is 189 Å². The quantitative estimate of drug-likeness (QED) is 0.138. The number of rotatable bonds is 0. The lowest BCUT2D eigenvalue weighted by Gasteiger charge is -1.90. The molecular weight excluding hydrogens is 1050 g/mol. The largest absolute Gasteiger partial charge is 0.276 e. The number of nitrogens with zero attached hydrogens (tertiary/aromatic N) is 20. The number of aryl methyl sites for hydroxylation is 22. The molecule has 0 spiro atoms. The van der Waals surface area contributed by atoms with Crippen LogP contribution in [0.1, 0.15) is 102 Å². The van der Waals surface area contributed by atoms with Crippen LogP contribution in [-0.4, -0.2) is 98.9 Å². The van der Waals surface area contributed by atoms with Crippen molar-refractivity contribution in [3.63, 3.8) is 0 Å². The van der Waals surface area contributed by atoms with Gasteiger partial charge in [0.1, 0.15) is 17.5 Å². The fourth-order valence-electron chi connectivity index (χ4n) is 6.02. The van der Waals surface area contributed by atoms with Gasteiger partial charge in [0, 0.05) is 137 Å². The molecule has 446 valence electrons. The molecule has 0 N–H and O–H groups in total. The van der Waals surface area contributed by atoms with Gasteiger partial charge in [0.2, 0.25) is 0 Å². The van der Waals surface area contributed by atoms with E-state index in [0.717, 1.165) is 85.7 Å². The molecule has 11 rings (SSSR count). The van der Waals surface area contributed by atoms with Gasteiger partial charge in [-0.1, -0.05) is 12.1 Å². The minimum Gasteiger partial charge on any atom is -0.276 e. The van der Waals surface area contributed by atoms with E-state index in [1.165, 1.54) is 16.7 Å². The van der Waals surface area contributed by atoms with E-state index >= 15 is 0 Å². The molecule has 20 nitrogen and oxygen atoms in total. The highest BCUT2D eigenvalue weighted by atomic mass is 15.3. The third-order valence-corrected chi connectivity index (χ3v) is 9.97. The molecule has 11 heterocycles. The topological polar surface area (TPSA) is 226 Å². The van der Waals surface area contributed by atoms with Gasteiger partial charge in [-0.2, -0.15) is 20.4 Å². The second-order valence-electron chi connectivity index (χ2n) is 19.4. The summed E-state index contributed by atoms with van der Waals surface area (Å²) < 4.78 is 7.15. The Bertz CT molecular complexity index is 2800. The third kappa shape index (κ3) is 39.8. The average molecular weight is 1140 g/mol. The maximum atomic E-state index is 4.17. The van der Waals surface area contributed by atoms with Crippen LogP contribution in [0.5, 0.6) is 0 Å². The Morgan fingerprint density at radius 1 is 0.262 bits per heavy atom. The summed E-state index contributed by atoms with van der Waals surface area (Å²) in [6, 6.07) is 17.8. The van der Waals surface area contributed by atoms with E-state index in [4.69, 9.17) is 0 Å². The first-order valence-corrected chi connectivity index (χ1v) is 27.1. The highest BCUT2D eigenvalue weighted by molar-refractivity contribution is 5.11. The van der Waals surface area contributed by atoms with Crippen LogP contribution in [0.2, 0.25) is 0 Å². The van der Waals surface area contributed by atoms with Crippen molar-refractivity contribution >= 4 is 0 Å². The van der Waals surface area contributed by atoms with Gasteiger partial charge in [0.25, 0.3) is 0 Å². The molecule has 0 aliphatic rings. The number of hydrogen-bond acceptors (Lipinski definition) is 16. The van der Waals surface area contributed by atoms with Crippen molar-refractivity contribution in [1.82, 2.24) is 98.9 Å². The summed E-state index contributed by atoms with van der Waals surface area (Å²) in [5.41, 5.74) is 16.1. The van der Waals surface area contributed by atoms with Crippen LogP contribution in [0.4, 0.5) is 0 Å². The van der Waals surface area contributed by atoms with Crippen LogP contribution in [0.15, 0.2) is 148 Å². The van der Waals surface area contributed by atoms with Gasteiger partial charge in [-0.3, -0.25) is 48.6 Å². The zero-order chi connectivity index (χ0) is 63.0. The highest BCUT2D eigenvalue weighted by Gasteiger charge is 1.89. The third-order valence-electron chi connectivity index (χ3n) is 9.97. The average Bonchev–Trinajstić information content (AvgIpc) is 4.24. The summed E-state index contributed by atoms with van der Waals surface area (Å²) in [6.07, 6.45) is 27.5. The summed E-state index contributed by atoms with van der Waals surface area (Å²) >= 11 is 0. The second-order valence-corrected chi connectivity index (χ2v) is 19.4. The van der Waals surface area contributed by atoms with Gasteiger partial charge in [-0.15, -0.1) is 0 Å². The molecule has 0 atom stereocenters. The van der Waals surface area contributed by atoms with Gasteiger partial charge in [0.15, 0.2) is 0 Å². The first-order chi connectivity index (χ1) is 39.7. The second kappa shape index (κ2) is 41.5. The van der Waals surface area contributed by atoms with Gasteiger partial charge < -0.3 is 0 Å². The molecule has 0 saturated carbocycles. The van der Waals surface area contributed by atoms with Crippen molar-refractivity contribution < 1.29 is 0 Å². The molecule has 0 amide bonds. The molecule has 0 bridgehead atoms. The Labute approximate surface area is 499 Å². The number of pyridine rings is 2. The molecule has 0 aliphatic heterocycles. The first kappa shape index (κ1) is 72.6. The molecule has 84 heavy (non-hydrogen) atoms. The van der Waals surface area contributed by atoms with Gasteiger partial charge in [0.05, 0.1) is 46.6 Å². The smallest absolute Gasteiger partial charge is 0.125 e. The number of aromatic nitrogens is 20. The summed E-state index contributed by atoms with van der Waals surface area (Å²) in [7, 11) is 7.64. The van der Waals surface area contributed by atoms with Crippen LogP contribution in [-0.2, 0) is 28.2 Å². The minimum absolute atomic E-state index is 0.829. The number of hydrogen-bond donors (Lipinski definition) is 0. The maximum Gasteiger partial charge on any atom is 0.125 e. The lowest BCUT2D eigenvalue weighted by Crippen LogP contribution is -1.86. The normalized spacial score (nSPS) is 9.31. The zero-order valence-electron chi connectivity index (χ0n) is 53.8. The van der Waals surface area contributed by atoms with E-state index < -0.39 is 0 Å². The monoisotopic (exact) mass is 1140 g/mol. The lowest BCUT2D eigenvalue weighted by atomic mass is 10.3. The fourth-order valence-corrected chi connectivity index (χ4v) is 6.02. The van der Waals surface area contributed by atoms with Crippen molar-refractivity contribution in [3.05, 3.63) is 250 Å². The molecule has 0 aromatic carbocycles. The summed E-state index contributed by atoms with van der Waals surface area (Å²) in [5, 5.41) is 15.9. The SMILES string of the molecule is Cc1ccc(C)nc1.Cc1cccc(C)n1.Cc1ccn(C)n1.Cc1ccn(C)n1.Cc1ccnc(C)n1.Cc1ccnc(C)n1.Cc1cnc(C)cn1.Cc1cnc(C)nc1.Cc1cncc(C)n1.Cc1cnn(C)c1.Cc1cnn(C)c1. The van der Waals surface area contributed by atoms with Crippen LogP contribution in [0.25, 0.3) is 0 Å². The molecule has 11 aromatic heterocycles. The van der Waals surface area contributed by atoms with E-state index in [1.54, 1.807) is 55.9 Å². The molecule has 0 unspecified atom stereocenters. The molecule has 0 saturated heterocycles. The van der Waals surface area contributed by atoms with Crippen LogP contribution in [0, 0.1) is 125 Å². The Balaban J connectivity index is 0.000000462. The lowest BCUT2D eigenvalue weighted by molar-refractivity contribution is 0.756. The predicted molar refractivity (Wildman–Crippen MR) is 337 cm³/mol. The fraction of sp³-hybridized carbons (Fsp3) is 0.344. The van der Waals surface area contributed by atoms with Crippen molar-refractivity contribution in [3.8, 4) is 0 Å². The van der Waals surface area contributed by atoms with E-state index in [1.807, 2.05) is 257 Å². The molecule has 11 aromatic rings. The molecule has 20 heteroatoms. The Morgan fingerprint density at radius 3 is 0.857 bits per heavy atom. The van der Waals surface area contributed by atoms with Crippen LogP contribution in [0.3, 0.4) is 0 Å². The van der Waals surface area contributed by atoms with Gasteiger partial charge in [-0.25, -0.2) is 29.9 Å². The standard InChI is InChI=1S/2C7H9N.5C6H8N2.4C5H8N2/c1-6-3-4-7(2)8-5-6;1-6-4-3-5-7(2)8-6;1-5-3-8-6(2)4-7-5;1-5-3-7-4-6(2)8-5;1-5-3-7-6(2)8-4-5;2*1-5-3-4-7-6(2)8-5;2*1-5-3-6-7(2)4-5;2*1-5-3-4-7(2)6-5/h2*3-5H,1-2H3;5*3-4H,1-2H3;4*3-4H,1-2H3. The Kier molecular flexibility index (Phi) is 35.9. The van der Waals surface area contributed by atoms with Crippen LogP contribution >= 0.6 is 0 Å². The van der Waals surface area contributed by atoms with E-state index in [2.05, 4.69) is 86.3 Å².